The lowest BCUT2D eigenvalue weighted by atomic mass is 10.2. The van der Waals surface area contributed by atoms with Crippen LogP contribution >= 0.6 is 11.6 Å². The average molecular weight is 503 g/mol. The van der Waals surface area contributed by atoms with Crippen molar-refractivity contribution in [3.05, 3.63) is 78.2 Å². The van der Waals surface area contributed by atoms with E-state index < -0.39 is 6.23 Å². The fourth-order valence-corrected chi connectivity index (χ4v) is 4.45. The van der Waals surface area contributed by atoms with Gasteiger partial charge in [0.05, 0.1) is 22.1 Å². The molecule has 1 unspecified atom stereocenters. The molecular formula is C26H27ClN8O. The van der Waals surface area contributed by atoms with Crippen molar-refractivity contribution in [3.63, 3.8) is 0 Å². The van der Waals surface area contributed by atoms with Crippen LogP contribution in [0.5, 0.6) is 0 Å². The number of hydrogen-bond acceptors (Lipinski definition) is 9. The van der Waals surface area contributed by atoms with Crippen LogP contribution < -0.4 is 15.5 Å². The van der Waals surface area contributed by atoms with Crippen LogP contribution in [0.15, 0.2) is 73.2 Å². The predicted molar refractivity (Wildman–Crippen MR) is 143 cm³/mol. The van der Waals surface area contributed by atoms with E-state index in [0.29, 0.717) is 16.8 Å². The summed E-state index contributed by atoms with van der Waals surface area (Å²) in [6.45, 7) is 5.00. The normalized spacial score (nSPS) is 14.9. The van der Waals surface area contributed by atoms with E-state index in [1.165, 1.54) is 0 Å². The lowest BCUT2D eigenvalue weighted by Crippen LogP contribution is -2.49. The number of benzene rings is 1. The number of rotatable bonds is 7. The number of nitrogens with zero attached hydrogens (tertiary/aromatic N) is 6. The highest BCUT2D eigenvalue weighted by atomic mass is 35.5. The molecule has 1 fully saturated rings. The summed E-state index contributed by atoms with van der Waals surface area (Å²) in [7, 11) is 0. The van der Waals surface area contributed by atoms with E-state index in [1.54, 1.807) is 31.6 Å². The third-order valence-corrected chi connectivity index (χ3v) is 6.32. The number of piperazine rings is 1. The molecule has 9 nitrogen and oxygen atoms in total. The molecule has 4 heterocycles. The summed E-state index contributed by atoms with van der Waals surface area (Å²) in [5.41, 5.74) is 4.07. The predicted octanol–water partition coefficient (Wildman–Crippen LogP) is 4.53. The molecule has 0 radical (unpaired) electrons. The van der Waals surface area contributed by atoms with Crippen LogP contribution in [0.1, 0.15) is 6.92 Å². The molecule has 1 saturated heterocycles. The van der Waals surface area contributed by atoms with Gasteiger partial charge in [-0.15, -0.1) is 0 Å². The maximum absolute atomic E-state index is 9.78. The van der Waals surface area contributed by atoms with Gasteiger partial charge in [0, 0.05) is 50.5 Å². The summed E-state index contributed by atoms with van der Waals surface area (Å²) in [4.78, 5) is 22.1. The van der Waals surface area contributed by atoms with Gasteiger partial charge in [-0.05, 0) is 55.5 Å². The van der Waals surface area contributed by atoms with Gasteiger partial charge in [0.15, 0.2) is 0 Å². The standard InChI is InChI=1S/C26H27ClN8O/c1-18(36)34-13-15-35(16-14-34)23-8-7-19(17-20(23)27)31-26-30-12-9-24(33-26)32-22-6-4-11-29-25(22)21-5-2-3-10-28-21/h2-12,17-18,36H,13-16H2,1H3,(H2,30,31,32,33). The van der Waals surface area contributed by atoms with Crippen molar-refractivity contribution in [2.45, 2.75) is 13.2 Å². The first-order valence-corrected chi connectivity index (χ1v) is 12.1. The third-order valence-electron chi connectivity index (χ3n) is 6.02. The molecule has 1 aliphatic rings. The number of anilines is 5. The maximum atomic E-state index is 9.78. The number of pyridine rings is 2. The van der Waals surface area contributed by atoms with E-state index >= 15 is 0 Å². The Bertz CT molecular complexity index is 1310. The van der Waals surface area contributed by atoms with E-state index in [2.05, 4.69) is 35.5 Å². The van der Waals surface area contributed by atoms with Crippen molar-refractivity contribution in [1.29, 1.82) is 0 Å². The molecular weight excluding hydrogens is 476 g/mol. The van der Waals surface area contributed by atoms with Gasteiger partial charge in [0.2, 0.25) is 5.95 Å². The Hall–Kier alpha value is -3.79. The van der Waals surface area contributed by atoms with Crippen molar-refractivity contribution in [1.82, 2.24) is 24.8 Å². The number of aromatic nitrogens is 4. The van der Waals surface area contributed by atoms with E-state index in [9.17, 15) is 5.11 Å². The number of aliphatic hydroxyl groups excluding tert-OH is 1. The minimum Gasteiger partial charge on any atom is -0.379 e. The zero-order chi connectivity index (χ0) is 24.9. The minimum absolute atomic E-state index is 0.431. The van der Waals surface area contributed by atoms with Crippen LogP contribution in [0.2, 0.25) is 5.02 Å². The van der Waals surface area contributed by atoms with Gasteiger partial charge in [-0.3, -0.25) is 14.9 Å². The Morgan fingerprint density at radius 3 is 2.47 bits per heavy atom. The van der Waals surface area contributed by atoms with Gasteiger partial charge in [-0.1, -0.05) is 17.7 Å². The van der Waals surface area contributed by atoms with E-state index in [1.807, 2.05) is 53.4 Å². The molecule has 36 heavy (non-hydrogen) atoms. The SMILES string of the molecule is CC(O)N1CCN(c2ccc(Nc3nccc(Nc4cccnc4-c4ccccn4)n3)cc2Cl)CC1. The van der Waals surface area contributed by atoms with Gasteiger partial charge in [-0.2, -0.15) is 4.98 Å². The molecule has 4 aromatic rings. The molecule has 1 aliphatic heterocycles. The molecule has 0 saturated carbocycles. The molecule has 0 aliphatic carbocycles. The summed E-state index contributed by atoms with van der Waals surface area (Å²) in [6.07, 6.45) is 4.74. The van der Waals surface area contributed by atoms with Crippen molar-refractivity contribution in [2.75, 3.05) is 41.7 Å². The fourth-order valence-electron chi connectivity index (χ4n) is 4.15. The van der Waals surface area contributed by atoms with E-state index in [4.69, 9.17) is 11.6 Å². The zero-order valence-electron chi connectivity index (χ0n) is 19.8. The molecule has 1 atom stereocenters. The average Bonchev–Trinajstić information content (AvgIpc) is 2.90. The van der Waals surface area contributed by atoms with Crippen LogP contribution in [0.25, 0.3) is 11.4 Å². The van der Waals surface area contributed by atoms with Crippen molar-refractivity contribution in [2.24, 2.45) is 0 Å². The Balaban J connectivity index is 1.28. The summed E-state index contributed by atoms with van der Waals surface area (Å²) in [5, 5.41) is 17.0. The second-order valence-electron chi connectivity index (χ2n) is 8.45. The maximum Gasteiger partial charge on any atom is 0.229 e. The number of aliphatic hydroxyl groups is 1. The molecule has 0 amide bonds. The Kier molecular flexibility index (Phi) is 7.22. The van der Waals surface area contributed by atoms with Crippen LogP contribution in [-0.4, -0.2) is 62.3 Å². The molecule has 184 valence electrons. The topological polar surface area (TPSA) is 102 Å². The minimum atomic E-state index is -0.431. The molecule has 0 spiro atoms. The highest BCUT2D eigenvalue weighted by Crippen LogP contribution is 2.31. The summed E-state index contributed by atoms with van der Waals surface area (Å²) >= 11 is 6.63. The summed E-state index contributed by atoms with van der Waals surface area (Å²) in [6, 6.07) is 17.2. The molecule has 10 heteroatoms. The third kappa shape index (κ3) is 5.54. The van der Waals surface area contributed by atoms with E-state index in [-0.39, 0.29) is 0 Å². The van der Waals surface area contributed by atoms with Crippen LogP contribution in [0.3, 0.4) is 0 Å². The van der Waals surface area contributed by atoms with Crippen LogP contribution in [0.4, 0.5) is 28.8 Å². The second-order valence-corrected chi connectivity index (χ2v) is 8.86. The van der Waals surface area contributed by atoms with Gasteiger partial charge in [-0.25, -0.2) is 4.98 Å². The van der Waals surface area contributed by atoms with Crippen molar-refractivity contribution < 1.29 is 5.11 Å². The van der Waals surface area contributed by atoms with Gasteiger partial charge in [0.25, 0.3) is 0 Å². The Labute approximate surface area is 214 Å². The zero-order valence-corrected chi connectivity index (χ0v) is 20.6. The van der Waals surface area contributed by atoms with Crippen LogP contribution in [0, 0.1) is 0 Å². The largest absolute Gasteiger partial charge is 0.379 e. The fraction of sp³-hybridized carbons (Fsp3) is 0.231. The summed E-state index contributed by atoms with van der Waals surface area (Å²) in [5.74, 6) is 1.06. The Morgan fingerprint density at radius 2 is 1.72 bits per heavy atom. The second kappa shape index (κ2) is 10.9. The first-order valence-electron chi connectivity index (χ1n) is 11.8. The van der Waals surface area contributed by atoms with Crippen LogP contribution in [-0.2, 0) is 0 Å². The lowest BCUT2D eigenvalue weighted by Gasteiger charge is -2.37. The Morgan fingerprint density at radius 1 is 0.889 bits per heavy atom. The highest BCUT2D eigenvalue weighted by Gasteiger charge is 2.21. The quantitative estimate of drug-likeness (QED) is 0.336. The molecule has 3 aromatic heterocycles. The molecule has 5 rings (SSSR count). The van der Waals surface area contributed by atoms with Gasteiger partial charge < -0.3 is 20.6 Å². The van der Waals surface area contributed by atoms with Gasteiger partial charge >= 0.3 is 0 Å². The van der Waals surface area contributed by atoms with Crippen molar-refractivity contribution in [3.8, 4) is 11.4 Å². The first-order chi connectivity index (χ1) is 17.6. The number of nitrogens with one attached hydrogen (secondary N) is 2. The van der Waals surface area contributed by atoms with Crippen molar-refractivity contribution >= 4 is 40.4 Å². The smallest absolute Gasteiger partial charge is 0.229 e. The lowest BCUT2D eigenvalue weighted by molar-refractivity contribution is 0.0153. The van der Waals surface area contributed by atoms with Gasteiger partial charge in [0.1, 0.15) is 17.7 Å². The molecule has 1 aromatic carbocycles. The monoisotopic (exact) mass is 502 g/mol. The highest BCUT2D eigenvalue weighted by molar-refractivity contribution is 6.33. The molecule has 3 N–H and O–H groups in total. The number of halogens is 1. The number of hydrogen-bond donors (Lipinski definition) is 3. The molecule has 0 bridgehead atoms. The van der Waals surface area contributed by atoms with E-state index in [0.717, 1.165) is 54.6 Å². The first kappa shape index (κ1) is 23.9. The summed E-state index contributed by atoms with van der Waals surface area (Å²) < 4.78 is 0.